The Morgan fingerprint density at radius 1 is 1.32 bits per heavy atom. The molecule has 1 N–H and O–H groups in total. The fraction of sp³-hybridized carbons (Fsp3) is 0.176. The van der Waals surface area contributed by atoms with Gasteiger partial charge in [-0.1, -0.05) is 12.1 Å². The lowest BCUT2D eigenvalue weighted by Crippen LogP contribution is -2.30. The third-order valence-corrected chi connectivity index (χ3v) is 3.80. The third kappa shape index (κ3) is 2.89. The van der Waals surface area contributed by atoms with E-state index in [-0.39, 0.29) is 11.2 Å². The maximum atomic E-state index is 11.9. The standard InChI is InChI=1S/C17H16N4O4/c1-3-20(17(24)25-2)12-6-4-5-11(9-12)14-7-8-18-15-13(16(22)23)10-19-21(14)15/h4-10H,3H2,1-2H3,(H,22,23). The maximum Gasteiger partial charge on any atom is 0.413 e. The van der Waals surface area contributed by atoms with E-state index in [1.54, 1.807) is 12.1 Å². The Labute approximate surface area is 143 Å². The van der Waals surface area contributed by atoms with Crippen LogP contribution in [0.4, 0.5) is 10.5 Å². The summed E-state index contributed by atoms with van der Waals surface area (Å²) in [5, 5.41) is 13.3. The molecular weight excluding hydrogens is 324 g/mol. The van der Waals surface area contributed by atoms with Gasteiger partial charge in [-0.15, -0.1) is 0 Å². The van der Waals surface area contributed by atoms with Crippen LogP contribution in [0.15, 0.2) is 42.7 Å². The number of carbonyl (C=O) groups is 2. The van der Waals surface area contributed by atoms with Crippen LogP contribution in [0.5, 0.6) is 0 Å². The van der Waals surface area contributed by atoms with Crippen molar-refractivity contribution in [2.45, 2.75) is 6.92 Å². The molecule has 128 valence electrons. The predicted molar refractivity (Wildman–Crippen MR) is 90.8 cm³/mol. The highest BCUT2D eigenvalue weighted by atomic mass is 16.5. The van der Waals surface area contributed by atoms with E-state index in [4.69, 9.17) is 4.74 Å². The van der Waals surface area contributed by atoms with Crippen molar-refractivity contribution in [2.24, 2.45) is 0 Å². The first kappa shape index (κ1) is 16.4. The highest BCUT2D eigenvalue weighted by molar-refractivity contribution is 5.94. The summed E-state index contributed by atoms with van der Waals surface area (Å²) >= 11 is 0. The Kier molecular flexibility index (Phi) is 4.34. The molecule has 0 saturated heterocycles. The molecule has 2 aromatic heterocycles. The van der Waals surface area contributed by atoms with E-state index < -0.39 is 12.1 Å². The lowest BCUT2D eigenvalue weighted by molar-refractivity contribution is 0.0698. The van der Waals surface area contributed by atoms with E-state index in [9.17, 15) is 14.7 Å². The van der Waals surface area contributed by atoms with Crippen LogP contribution in [0.1, 0.15) is 17.3 Å². The summed E-state index contributed by atoms with van der Waals surface area (Å²) in [5.74, 6) is -1.09. The zero-order chi connectivity index (χ0) is 18.0. The van der Waals surface area contributed by atoms with E-state index in [0.717, 1.165) is 5.56 Å². The van der Waals surface area contributed by atoms with Gasteiger partial charge in [0.15, 0.2) is 5.65 Å². The van der Waals surface area contributed by atoms with Crippen molar-refractivity contribution < 1.29 is 19.4 Å². The van der Waals surface area contributed by atoms with Crippen molar-refractivity contribution in [1.82, 2.24) is 14.6 Å². The molecule has 0 radical (unpaired) electrons. The van der Waals surface area contributed by atoms with Gasteiger partial charge in [-0.25, -0.2) is 19.1 Å². The molecule has 0 unspecified atom stereocenters. The third-order valence-electron chi connectivity index (χ3n) is 3.80. The van der Waals surface area contributed by atoms with Gasteiger partial charge in [-0.2, -0.15) is 5.10 Å². The summed E-state index contributed by atoms with van der Waals surface area (Å²) in [7, 11) is 1.33. The number of carbonyl (C=O) groups excluding carboxylic acids is 1. The van der Waals surface area contributed by atoms with Crippen LogP contribution in [-0.4, -0.2) is 45.4 Å². The molecule has 25 heavy (non-hydrogen) atoms. The number of hydrogen-bond donors (Lipinski definition) is 1. The van der Waals surface area contributed by atoms with E-state index in [1.807, 2.05) is 25.1 Å². The summed E-state index contributed by atoms with van der Waals surface area (Å²) in [5.41, 5.74) is 2.40. The Morgan fingerprint density at radius 2 is 2.12 bits per heavy atom. The smallest absolute Gasteiger partial charge is 0.413 e. The number of hydrogen-bond acceptors (Lipinski definition) is 5. The van der Waals surface area contributed by atoms with Gasteiger partial charge in [0, 0.05) is 24.0 Å². The number of ether oxygens (including phenoxy) is 1. The lowest BCUT2D eigenvalue weighted by atomic mass is 10.1. The molecule has 0 aliphatic rings. The number of aromatic carboxylic acids is 1. The molecule has 0 atom stereocenters. The van der Waals surface area contributed by atoms with Gasteiger partial charge in [0.05, 0.1) is 19.0 Å². The van der Waals surface area contributed by atoms with E-state index in [2.05, 4.69) is 10.1 Å². The number of aromatic nitrogens is 3. The van der Waals surface area contributed by atoms with Crippen LogP contribution >= 0.6 is 0 Å². The first-order chi connectivity index (χ1) is 12.1. The molecular formula is C17H16N4O4. The molecule has 3 rings (SSSR count). The number of methoxy groups -OCH3 is 1. The quantitative estimate of drug-likeness (QED) is 0.784. The largest absolute Gasteiger partial charge is 0.477 e. The number of fused-ring (bicyclic) bond motifs is 1. The Morgan fingerprint density at radius 3 is 2.80 bits per heavy atom. The van der Waals surface area contributed by atoms with Crippen LogP contribution in [0.2, 0.25) is 0 Å². The van der Waals surface area contributed by atoms with Crippen molar-refractivity contribution in [3.05, 3.63) is 48.3 Å². The van der Waals surface area contributed by atoms with Crippen molar-refractivity contribution in [3.63, 3.8) is 0 Å². The summed E-state index contributed by atoms with van der Waals surface area (Å²) in [4.78, 5) is 28.7. The summed E-state index contributed by atoms with van der Waals surface area (Å²) in [6, 6.07) is 9.01. The van der Waals surface area contributed by atoms with Crippen LogP contribution in [0.25, 0.3) is 16.9 Å². The Bertz CT molecular complexity index is 951. The van der Waals surface area contributed by atoms with Crippen molar-refractivity contribution in [1.29, 1.82) is 0 Å². The molecule has 0 aliphatic heterocycles. The Hall–Kier alpha value is -3.42. The molecule has 0 bridgehead atoms. The SMILES string of the molecule is CCN(C(=O)OC)c1cccc(-c2ccnc3c(C(=O)O)cnn23)c1. The fourth-order valence-corrected chi connectivity index (χ4v) is 2.62. The number of nitrogens with zero attached hydrogens (tertiary/aromatic N) is 4. The van der Waals surface area contributed by atoms with Crippen LogP contribution < -0.4 is 4.90 Å². The van der Waals surface area contributed by atoms with Crippen molar-refractivity contribution >= 4 is 23.4 Å². The molecule has 1 aromatic carbocycles. The second-order valence-electron chi connectivity index (χ2n) is 5.19. The molecule has 1 amide bonds. The van der Waals surface area contributed by atoms with Crippen molar-refractivity contribution in [3.8, 4) is 11.3 Å². The highest BCUT2D eigenvalue weighted by Gasteiger charge is 2.17. The Balaban J connectivity index is 2.12. The number of carboxylic acids is 1. The second kappa shape index (κ2) is 6.60. The van der Waals surface area contributed by atoms with Gasteiger partial charge in [0.1, 0.15) is 5.56 Å². The minimum Gasteiger partial charge on any atom is -0.477 e. The number of rotatable bonds is 4. The second-order valence-corrected chi connectivity index (χ2v) is 5.19. The maximum absolute atomic E-state index is 11.9. The average molecular weight is 340 g/mol. The summed E-state index contributed by atoms with van der Waals surface area (Å²) in [6.07, 6.45) is 2.35. The normalized spacial score (nSPS) is 10.6. The van der Waals surface area contributed by atoms with Gasteiger partial charge in [-0.3, -0.25) is 4.90 Å². The number of carboxylic acid groups (broad SMARTS) is 1. The van der Waals surface area contributed by atoms with Gasteiger partial charge < -0.3 is 9.84 Å². The van der Waals surface area contributed by atoms with E-state index >= 15 is 0 Å². The predicted octanol–water partition coefficient (Wildman–Crippen LogP) is 2.69. The zero-order valence-electron chi connectivity index (χ0n) is 13.7. The number of anilines is 1. The molecule has 8 nitrogen and oxygen atoms in total. The molecule has 0 saturated carbocycles. The minimum absolute atomic E-state index is 0.0303. The molecule has 0 spiro atoms. The first-order valence-corrected chi connectivity index (χ1v) is 7.58. The van der Waals surface area contributed by atoms with Gasteiger partial charge in [-0.05, 0) is 25.1 Å². The fourth-order valence-electron chi connectivity index (χ4n) is 2.62. The van der Waals surface area contributed by atoms with Crippen LogP contribution in [-0.2, 0) is 4.74 Å². The highest BCUT2D eigenvalue weighted by Crippen LogP contribution is 2.26. The average Bonchev–Trinajstić information content (AvgIpc) is 3.06. The molecule has 2 heterocycles. The van der Waals surface area contributed by atoms with E-state index in [1.165, 1.54) is 28.9 Å². The molecule has 3 aromatic rings. The van der Waals surface area contributed by atoms with Crippen LogP contribution in [0.3, 0.4) is 0 Å². The minimum atomic E-state index is -1.09. The molecule has 0 aliphatic carbocycles. The summed E-state index contributed by atoms with van der Waals surface area (Å²) in [6.45, 7) is 2.30. The van der Waals surface area contributed by atoms with Crippen LogP contribution in [0, 0.1) is 0 Å². The topological polar surface area (TPSA) is 97.0 Å². The van der Waals surface area contributed by atoms with Gasteiger partial charge in [0.2, 0.25) is 0 Å². The molecule has 0 fully saturated rings. The number of benzene rings is 1. The van der Waals surface area contributed by atoms with Crippen molar-refractivity contribution in [2.75, 3.05) is 18.6 Å². The monoisotopic (exact) mass is 340 g/mol. The first-order valence-electron chi connectivity index (χ1n) is 7.58. The van der Waals surface area contributed by atoms with E-state index in [0.29, 0.717) is 17.9 Å². The van der Waals surface area contributed by atoms with Gasteiger partial charge in [0.25, 0.3) is 0 Å². The summed E-state index contributed by atoms with van der Waals surface area (Å²) < 4.78 is 6.27. The lowest BCUT2D eigenvalue weighted by Gasteiger charge is -2.20. The number of amides is 1. The van der Waals surface area contributed by atoms with Gasteiger partial charge >= 0.3 is 12.1 Å². The zero-order valence-corrected chi connectivity index (χ0v) is 13.7. The molecule has 8 heteroatoms.